The van der Waals surface area contributed by atoms with E-state index in [-0.39, 0.29) is 5.41 Å². The monoisotopic (exact) mass is 313 g/mol. The molecule has 0 radical (unpaired) electrons. The molecule has 1 aliphatic carbocycles. The molecule has 0 saturated carbocycles. The maximum atomic E-state index is 3.60. The molecule has 0 spiro atoms. The van der Waals surface area contributed by atoms with Crippen LogP contribution < -0.4 is 5.32 Å². The smallest absolute Gasteiger partial charge is 0.0426 e. The largest absolute Gasteiger partial charge is 0.355 e. The molecule has 3 aromatic carbocycles. The summed E-state index contributed by atoms with van der Waals surface area (Å²) in [7, 11) is 0. The molecule has 0 bridgehead atoms. The lowest BCUT2D eigenvalue weighted by Crippen LogP contribution is -2.13. The molecular formula is C23H23N. The summed E-state index contributed by atoms with van der Waals surface area (Å²) in [4.78, 5) is 0. The van der Waals surface area contributed by atoms with E-state index in [4.69, 9.17) is 0 Å². The molecule has 0 aromatic heterocycles. The summed E-state index contributed by atoms with van der Waals surface area (Å²) < 4.78 is 0. The molecule has 4 rings (SSSR count). The third kappa shape index (κ3) is 2.50. The minimum Gasteiger partial charge on any atom is -0.355 e. The third-order valence-corrected chi connectivity index (χ3v) is 4.86. The summed E-state index contributed by atoms with van der Waals surface area (Å²) in [6.45, 7) is 6.90. The maximum absolute atomic E-state index is 3.60. The molecule has 3 aromatic rings. The second-order valence-corrected chi connectivity index (χ2v) is 7.58. The molecule has 0 saturated heterocycles. The topological polar surface area (TPSA) is 12.0 Å². The van der Waals surface area contributed by atoms with Crippen molar-refractivity contribution in [2.24, 2.45) is 0 Å². The van der Waals surface area contributed by atoms with Crippen LogP contribution in [0.1, 0.15) is 37.5 Å². The molecule has 120 valence electrons. The molecule has 0 unspecified atom stereocenters. The predicted octanol–water partition coefficient (Wildman–Crippen LogP) is 6.30. The van der Waals surface area contributed by atoms with Crippen molar-refractivity contribution in [2.45, 2.75) is 32.6 Å². The molecule has 0 heterocycles. The van der Waals surface area contributed by atoms with E-state index >= 15 is 0 Å². The lowest BCUT2D eigenvalue weighted by atomic mass is 9.82. The molecule has 1 N–H and O–H groups in total. The Hall–Kier alpha value is -2.54. The van der Waals surface area contributed by atoms with Gasteiger partial charge in [0.25, 0.3) is 0 Å². The lowest BCUT2D eigenvalue weighted by Gasteiger charge is -2.22. The second kappa shape index (κ2) is 5.52. The van der Waals surface area contributed by atoms with E-state index in [9.17, 15) is 0 Å². The minimum absolute atomic E-state index is 0.167. The van der Waals surface area contributed by atoms with Crippen LogP contribution in [0.5, 0.6) is 0 Å². The van der Waals surface area contributed by atoms with Crippen molar-refractivity contribution < 1.29 is 0 Å². The fraction of sp³-hybridized carbons (Fsp3) is 0.217. The third-order valence-electron chi connectivity index (χ3n) is 4.86. The number of hydrogen-bond donors (Lipinski definition) is 1. The van der Waals surface area contributed by atoms with Gasteiger partial charge in [0.2, 0.25) is 0 Å². The predicted molar refractivity (Wildman–Crippen MR) is 103 cm³/mol. The fourth-order valence-corrected chi connectivity index (χ4v) is 3.73. The number of anilines is 2. The highest BCUT2D eigenvalue weighted by molar-refractivity contribution is 5.84. The highest BCUT2D eigenvalue weighted by atomic mass is 14.9. The zero-order chi connectivity index (χ0) is 16.7. The van der Waals surface area contributed by atoms with E-state index in [2.05, 4.69) is 86.8 Å². The number of hydrogen-bond acceptors (Lipinski definition) is 1. The average Bonchev–Trinajstić information content (AvgIpc) is 2.95. The number of fused-ring (bicyclic) bond motifs is 3. The van der Waals surface area contributed by atoms with E-state index < -0.39 is 0 Å². The Morgan fingerprint density at radius 1 is 0.708 bits per heavy atom. The Labute approximate surface area is 144 Å². The SMILES string of the molecule is CC(C)(C)c1cccc2c1Cc1c(Nc3ccccc3)cccc1-2. The lowest BCUT2D eigenvalue weighted by molar-refractivity contribution is 0.585. The van der Waals surface area contributed by atoms with Crippen molar-refractivity contribution in [1.29, 1.82) is 0 Å². The van der Waals surface area contributed by atoms with Crippen LogP contribution in [-0.2, 0) is 11.8 Å². The minimum atomic E-state index is 0.167. The Balaban J connectivity index is 1.80. The number of benzene rings is 3. The van der Waals surface area contributed by atoms with Crippen molar-refractivity contribution in [2.75, 3.05) is 5.32 Å². The summed E-state index contributed by atoms with van der Waals surface area (Å²) in [6, 6.07) is 23.8. The van der Waals surface area contributed by atoms with Gasteiger partial charge in [-0.15, -0.1) is 0 Å². The first-order valence-corrected chi connectivity index (χ1v) is 8.61. The van der Waals surface area contributed by atoms with E-state index in [0.29, 0.717) is 0 Å². The van der Waals surface area contributed by atoms with Crippen LogP contribution in [0.3, 0.4) is 0 Å². The van der Waals surface area contributed by atoms with Crippen LogP contribution >= 0.6 is 0 Å². The van der Waals surface area contributed by atoms with Gasteiger partial charge in [-0.2, -0.15) is 0 Å². The summed E-state index contributed by atoms with van der Waals surface area (Å²) in [5.41, 5.74) is 9.65. The van der Waals surface area contributed by atoms with Gasteiger partial charge < -0.3 is 5.32 Å². The first kappa shape index (κ1) is 15.0. The second-order valence-electron chi connectivity index (χ2n) is 7.58. The van der Waals surface area contributed by atoms with E-state index in [1.54, 1.807) is 0 Å². The number of rotatable bonds is 2. The zero-order valence-electron chi connectivity index (χ0n) is 14.6. The Kier molecular flexibility index (Phi) is 3.45. The average molecular weight is 313 g/mol. The van der Waals surface area contributed by atoms with Crippen LogP contribution in [0.4, 0.5) is 11.4 Å². The molecule has 0 aliphatic heterocycles. The Bertz CT molecular complexity index is 886. The van der Waals surface area contributed by atoms with Crippen molar-refractivity contribution in [3.05, 3.63) is 83.4 Å². The highest BCUT2D eigenvalue weighted by Crippen LogP contribution is 2.44. The van der Waals surface area contributed by atoms with Crippen molar-refractivity contribution in [3.8, 4) is 11.1 Å². The first-order chi connectivity index (χ1) is 11.5. The molecule has 0 atom stereocenters. The molecule has 24 heavy (non-hydrogen) atoms. The van der Waals surface area contributed by atoms with Gasteiger partial charge in [0.05, 0.1) is 0 Å². The molecule has 0 amide bonds. The molecule has 1 nitrogen and oxygen atoms in total. The molecule has 1 heteroatoms. The fourth-order valence-electron chi connectivity index (χ4n) is 3.73. The summed E-state index contributed by atoms with van der Waals surface area (Å²) in [5, 5.41) is 3.60. The normalized spacial score (nSPS) is 12.6. The van der Waals surface area contributed by atoms with E-state index in [1.807, 2.05) is 6.07 Å². The standard InChI is InChI=1S/C23H23N/c1-23(2,3)21-13-7-11-17-18-12-8-14-22(20(18)15-19(17)21)24-16-9-5-4-6-10-16/h4-14,24H,15H2,1-3H3. The van der Waals surface area contributed by atoms with Gasteiger partial charge in [0, 0.05) is 17.8 Å². The summed E-state index contributed by atoms with van der Waals surface area (Å²) in [5.74, 6) is 0. The number of nitrogens with one attached hydrogen (secondary N) is 1. The molecule has 0 fully saturated rings. The summed E-state index contributed by atoms with van der Waals surface area (Å²) in [6.07, 6.45) is 1.01. The Morgan fingerprint density at radius 3 is 2.08 bits per heavy atom. The molecule has 1 aliphatic rings. The number of para-hydroxylation sites is 1. The zero-order valence-corrected chi connectivity index (χ0v) is 14.6. The Morgan fingerprint density at radius 2 is 1.38 bits per heavy atom. The van der Waals surface area contributed by atoms with Crippen LogP contribution in [0.2, 0.25) is 0 Å². The van der Waals surface area contributed by atoms with Crippen LogP contribution in [0.15, 0.2) is 66.7 Å². The van der Waals surface area contributed by atoms with Crippen LogP contribution in [0, 0.1) is 0 Å². The van der Waals surface area contributed by atoms with Gasteiger partial charge in [-0.1, -0.05) is 69.3 Å². The van der Waals surface area contributed by atoms with Gasteiger partial charge in [0.15, 0.2) is 0 Å². The van der Waals surface area contributed by atoms with Crippen molar-refractivity contribution in [3.63, 3.8) is 0 Å². The van der Waals surface area contributed by atoms with Crippen LogP contribution in [0.25, 0.3) is 11.1 Å². The van der Waals surface area contributed by atoms with Gasteiger partial charge in [-0.25, -0.2) is 0 Å². The highest BCUT2D eigenvalue weighted by Gasteiger charge is 2.27. The van der Waals surface area contributed by atoms with Gasteiger partial charge in [-0.3, -0.25) is 0 Å². The van der Waals surface area contributed by atoms with E-state index in [1.165, 1.54) is 33.5 Å². The van der Waals surface area contributed by atoms with Crippen molar-refractivity contribution >= 4 is 11.4 Å². The van der Waals surface area contributed by atoms with Gasteiger partial charge in [-0.05, 0) is 51.4 Å². The maximum Gasteiger partial charge on any atom is 0.0426 e. The quantitative estimate of drug-likeness (QED) is 0.458. The van der Waals surface area contributed by atoms with Crippen molar-refractivity contribution in [1.82, 2.24) is 0 Å². The summed E-state index contributed by atoms with van der Waals surface area (Å²) >= 11 is 0. The first-order valence-electron chi connectivity index (χ1n) is 8.61. The van der Waals surface area contributed by atoms with Gasteiger partial charge >= 0.3 is 0 Å². The van der Waals surface area contributed by atoms with Crippen LogP contribution in [-0.4, -0.2) is 0 Å². The molecular weight excluding hydrogens is 290 g/mol. The van der Waals surface area contributed by atoms with Gasteiger partial charge in [0.1, 0.15) is 0 Å². The van der Waals surface area contributed by atoms with E-state index in [0.717, 1.165) is 12.1 Å².